The molecule has 0 aromatic heterocycles. The minimum absolute atomic E-state index is 0.0776. The van der Waals surface area contributed by atoms with Crippen molar-refractivity contribution in [2.75, 3.05) is 11.9 Å². The highest BCUT2D eigenvalue weighted by molar-refractivity contribution is 5.89. The fraction of sp³-hybridized carbons (Fsp3) is 0.222. The Kier molecular flexibility index (Phi) is 3.78. The van der Waals surface area contributed by atoms with Crippen LogP contribution < -0.4 is 16.4 Å². The number of nitrogens with one attached hydrogen (secondary N) is 2. The lowest BCUT2D eigenvalue weighted by atomic mass is 9.90. The Hall–Kier alpha value is -2.82. The van der Waals surface area contributed by atoms with Crippen LogP contribution >= 0.6 is 0 Å². The van der Waals surface area contributed by atoms with Gasteiger partial charge in [0.25, 0.3) is 0 Å². The van der Waals surface area contributed by atoms with Gasteiger partial charge in [0, 0.05) is 12.6 Å². The van der Waals surface area contributed by atoms with Crippen LogP contribution in [0.3, 0.4) is 0 Å². The Bertz CT molecular complexity index is 784. The van der Waals surface area contributed by atoms with Crippen molar-refractivity contribution >= 4 is 17.6 Å². The van der Waals surface area contributed by atoms with Crippen LogP contribution in [-0.4, -0.2) is 18.4 Å². The van der Waals surface area contributed by atoms with Gasteiger partial charge in [0.2, 0.25) is 5.91 Å². The molecule has 1 unspecified atom stereocenters. The number of anilines is 1. The van der Waals surface area contributed by atoms with Gasteiger partial charge in [-0.15, -0.1) is 0 Å². The molecule has 23 heavy (non-hydrogen) atoms. The lowest BCUT2D eigenvalue weighted by Crippen LogP contribution is -2.42. The molecule has 1 atom stereocenters. The van der Waals surface area contributed by atoms with Gasteiger partial charge in [-0.1, -0.05) is 30.3 Å². The Morgan fingerprint density at radius 1 is 1.22 bits per heavy atom. The first-order valence-electron chi connectivity index (χ1n) is 7.53. The number of amides is 1. The average Bonchev–Trinajstić information content (AvgIpc) is 2.88. The fourth-order valence-corrected chi connectivity index (χ4v) is 2.79. The van der Waals surface area contributed by atoms with Crippen molar-refractivity contribution in [3.8, 4) is 11.1 Å². The van der Waals surface area contributed by atoms with Crippen molar-refractivity contribution in [2.45, 2.75) is 19.4 Å². The Morgan fingerprint density at radius 2 is 1.91 bits per heavy atom. The summed E-state index contributed by atoms with van der Waals surface area (Å²) in [5.41, 5.74) is 9.53. The van der Waals surface area contributed by atoms with Crippen molar-refractivity contribution in [3.63, 3.8) is 0 Å². The second-order valence-electron chi connectivity index (χ2n) is 6.00. The molecule has 2 aromatic rings. The topological polar surface area (TPSA) is 79.5 Å². The minimum atomic E-state index is -0.282. The second-order valence-corrected chi connectivity index (χ2v) is 6.00. The predicted octanol–water partition coefficient (Wildman–Crippen LogP) is 2.45. The summed E-state index contributed by atoms with van der Waals surface area (Å²) in [5, 5.41) is 6.05. The molecule has 2 aromatic carbocycles. The van der Waals surface area contributed by atoms with Gasteiger partial charge in [-0.2, -0.15) is 0 Å². The number of guanidine groups is 1. The first-order chi connectivity index (χ1) is 11.0. The molecule has 5 nitrogen and oxygen atoms in total. The van der Waals surface area contributed by atoms with Crippen molar-refractivity contribution in [3.05, 3.63) is 54.1 Å². The van der Waals surface area contributed by atoms with E-state index in [1.54, 1.807) is 0 Å². The van der Waals surface area contributed by atoms with Crippen LogP contribution in [0.2, 0.25) is 0 Å². The van der Waals surface area contributed by atoms with Gasteiger partial charge in [-0.25, -0.2) is 0 Å². The Balaban J connectivity index is 1.93. The number of rotatable bonds is 3. The number of hydrogen-bond donors (Lipinski definition) is 3. The van der Waals surface area contributed by atoms with Crippen LogP contribution in [0.4, 0.5) is 5.69 Å². The van der Waals surface area contributed by atoms with E-state index >= 15 is 0 Å². The van der Waals surface area contributed by atoms with E-state index in [0.717, 1.165) is 22.4 Å². The maximum atomic E-state index is 11.2. The maximum Gasteiger partial charge on any atom is 0.221 e. The van der Waals surface area contributed by atoms with E-state index in [-0.39, 0.29) is 11.4 Å². The van der Waals surface area contributed by atoms with Crippen molar-refractivity contribution in [1.82, 2.24) is 5.32 Å². The molecule has 0 saturated heterocycles. The molecule has 3 rings (SSSR count). The number of aliphatic imine (C=N–C) groups is 1. The second kappa shape index (κ2) is 5.76. The van der Waals surface area contributed by atoms with Gasteiger partial charge in [-0.3, -0.25) is 9.79 Å². The molecule has 0 fully saturated rings. The average molecular weight is 308 g/mol. The summed E-state index contributed by atoms with van der Waals surface area (Å²) in [6.07, 6.45) is 0. The van der Waals surface area contributed by atoms with Gasteiger partial charge < -0.3 is 16.4 Å². The monoisotopic (exact) mass is 308 g/mol. The zero-order chi connectivity index (χ0) is 16.4. The predicted molar refractivity (Wildman–Crippen MR) is 93.2 cm³/mol. The summed E-state index contributed by atoms with van der Waals surface area (Å²) in [5.74, 6) is 0.400. The van der Waals surface area contributed by atoms with Gasteiger partial charge in [0.15, 0.2) is 5.96 Å². The van der Waals surface area contributed by atoms with Crippen LogP contribution in [0.1, 0.15) is 19.4 Å². The van der Waals surface area contributed by atoms with Crippen molar-refractivity contribution < 1.29 is 4.79 Å². The molecule has 0 spiro atoms. The lowest BCUT2D eigenvalue weighted by molar-refractivity contribution is -0.114. The first-order valence-corrected chi connectivity index (χ1v) is 7.53. The quantitative estimate of drug-likeness (QED) is 0.815. The normalized spacial score (nSPS) is 19.8. The van der Waals surface area contributed by atoms with Crippen LogP contribution in [-0.2, 0) is 10.3 Å². The van der Waals surface area contributed by atoms with Crippen molar-refractivity contribution in [1.29, 1.82) is 0 Å². The molecule has 4 N–H and O–H groups in total. The number of carbonyl (C=O) groups is 1. The smallest absolute Gasteiger partial charge is 0.221 e. The molecule has 0 bridgehead atoms. The highest BCUT2D eigenvalue weighted by Crippen LogP contribution is 2.29. The van der Waals surface area contributed by atoms with Gasteiger partial charge in [0.05, 0.1) is 12.1 Å². The zero-order valence-electron chi connectivity index (χ0n) is 13.3. The van der Waals surface area contributed by atoms with E-state index in [0.29, 0.717) is 12.5 Å². The highest BCUT2D eigenvalue weighted by atomic mass is 16.1. The summed E-state index contributed by atoms with van der Waals surface area (Å²) in [7, 11) is 0. The Labute approximate surface area is 135 Å². The van der Waals surface area contributed by atoms with Gasteiger partial charge in [0.1, 0.15) is 0 Å². The molecule has 1 amide bonds. The molecule has 1 aliphatic heterocycles. The summed E-state index contributed by atoms with van der Waals surface area (Å²) >= 11 is 0. The summed E-state index contributed by atoms with van der Waals surface area (Å²) in [6, 6.07) is 16.1. The third-order valence-electron chi connectivity index (χ3n) is 3.99. The van der Waals surface area contributed by atoms with E-state index in [9.17, 15) is 4.79 Å². The van der Waals surface area contributed by atoms with E-state index in [1.807, 2.05) is 30.3 Å². The summed E-state index contributed by atoms with van der Waals surface area (Å²) in [6.45, 7) is 4.21. The van der Waals surface area contributed by atoms with Gasteiger partial charge in [-0.05, 0) is 41.8 Å². The largest absolute Gasteiger partial charge is 0.370 e. The summed E-state index contributed by atoms with van der Waals surface area (Å²) < 4.78 is 0. The number of nitrogens with zero attached hydrogens (tertiary/aromatic N) is 1. The zero-order valence-corrected chi connectivity index (χ0v) is 13.3. The van der Waals surface area contributed by atoms with Crippen LogP contribution in [0.25, 0.3) is 11.1 Å². The maximum absolute atomic E-state index is 11.2. The van der Waals surface area contributed by atoms with Gasteiger partial charge >= 0.3 is 0 Å². The molecule has 5 heteroatoms. The lowest BCUT2D eigenvalue weighted by Gasteiger charge is -2.25. The Morgan fingerprint density at radius 3 is 2.57 bits per heavy atom. The third-order valence-corrected chi connectivity index (χ3v) is 3.99. The third kappa shape index (κ3) is 3.18. The minimum Gasteiger partial charge on any atom is -0.370 e. The number of carbonyl (C=O) groups excluding carboxylic acids is 1. The molecule has 0 radical (unpaired) electrons. The van der Waals surface area contributed by atoms with E-state index in [2.05, 4.69) is 40.7 Å². The fourth-order valence-electron chi connectivity index (χ4n) is 2.79. The van der Waals surface area contributed by atoms with Crippen LogP contribution in [0.5, 0.6) is 0 Å². The van der Waals surface area contributed by atoms with Crippen LogP contribution in [0.15, 0.2) is 53.5 Å². The standard InChI is InChI=1S/C18H20N4O/c1-12(23)21-16-8-4-6-14(10-16)13-5-3-7-15(9-13)18(2)11-20-17(19)22-18/h3-10H,11H2,1-2H3,(H,21,23)(H3,19,20,22). The highest BCUT2D eigenvalue weighted by Gasteiger charge is 2.31. The SMILES string of the molecule is CC(=O)Nc1cccc(-c2cccc(C3(C)CN=C(N)N3)c2)c1. The van der Waals surface area contributed by atoms with E-state index in [4.69, 9.17) is 5.73 Å². The van der Waals surface area contributed by atoms with E-state index < -0.39 is 0 Å². The van der Waals surface area contributed by atoms with Crippen molar-refractivity contribution in [2.24, 2.45) is 10.7 Å². The molecule has 0 saturated carbocycles. The molecule has 118 valence electrons. The molecule has 1 heterocycles. The molecular weight excluding hydrogens is 288 g/mol. The number of benzene rings is 2. The van der Waals surface area contributed by atoms with E-state index in [1.165, 1.54) is 6.92 Å². The molecule has 0 aliphatic carbocycles. The number of hydrogen-bond acceptors (Lipinski definition) is 4. The summed E-state index contributed by atoms with van der Waals surface area (Å²) in [4.78, 5) is 15.5. The molecular formula is C18H20N4O. The number of nitrogens with two attached hydrogens (primary N) is 1. The molecule has 1 aliphatic rings. The van der Waals surface area contributed by atoms with Crippen LogP contribution in [0, 0.1) is 0 Å². The first kappa shape index (κ1) is 15.1.